The van der Waals surface area contributed by atoms with Gasteiger partial charge >= 0.3 is 0 Å². The van der Waals surface area contributed by atoms with Crippen molar-refractivity contribution < 1.29 is 4.74 Å². The molecule has 0 spiro atoms. The summed E-state index contributed by atoms with van der Waals surface area (Å²) >= 11 is 6.13. The minimum absolute atomic E-state index is 0.139. The second-order valence-corrected chi connectivity index (χ2v) is 6.73. The molecule has 0 aliphatic carbocycles. The number of hydrogen-bond donors (Lipinski definition) is 0. The highest BCUT2D eigenvalue weighted by molar-refractivity contribution is 6.29. The van der Waals surface area contributed by atoms with Crippen LogP contribution in [0.1, 0.15) is 40.4 Å². The molecule has 21 heavy (non-hydrogen) atoms. The molecule has 4 heteroatoms. The van der Waals surface area contributed by atoms with E-state index in [4.69, 9.17) is 16.3 Å². The number of hydrogen-bond acceptors (Lipinski definition) is 3. The lowest BCUT2D eigenvalue weighted by Crippen LogP contribution is -2.16. The standard InChI is InChI=1S/C17H21ClN2O/c1-11(2)21-13-8-6-12(7-9-13)14-10-15(18)20-16(19-14)17(3,4)5/h6-11H,1-5H3. The van der Waals surface area contributed by atoms with Crippen LogP contribution in [0.5, 0.6) is 5.75 Å². The zero-order chi connectivity index (χ0) is 15.6. The average molecular weight is 305 g/mol. The predicted molar refractivity (Wildman–Crippen MR) is 86.9 cm³/mol. The van der Waals surface area contributed by atoms with Crippen molar-refractivity contribution in [3.63, 3.8) is 0 Å². The average Bonchev–Trinajstić information content (AvgIpc) is 2.37. The van der Waals surface area contributed by atoms with Crippen molar-refractivity contribution in [2.75, 3.05) is 0 Å². The van der Waals surface area contributed by atoms with Crippen LogP contribution in [0.2, 0.25) is 5.15 Å². The predicted octanol–water partition coefficient (Wildman–Crippen LogP) is 4.88. The first-order valence-electron chi connectivity index (χ1n) is 7.08. The second-order valence-electron chi connectivity index (χ2n) is 6.34. The summed E-state index contributed by atoms with van der Waals surface area (Å²) in [5, 5.41) is 0.465. The minimum Gasteiger partial charge on any atom is -0.491 e. The van der Waals surface area contributed by atoms with Gasteiger partial charge in [-0.2, -0.15) is 0 Å². The van der Waals surface area contributed by atoms with Crippen molar-refractivity contribution in [1.29, 1.82) is 0 Å². The lowest BCUT2D eigenvalue weighted by molar-refractivity contribution is 0.242. The summed E-state index contributed by atoms with van der Waals surface area (Å²) < 4.78 is 5.65. The minimum atomic E-state index is -0.139. The molecule has 0 saturated carbocycles. The molecule has 2 rings (SSSR count). The van der Waals surface area contributed by atoms with Crippen LogP contribution in [0.25, 0.3) is 11.3 Å². The van der Waals surface area contributed by atoms with E-state index in [2.05, 4.69) is 30.7 Å². The Balaban J connectivity index is 2.35. The maximum Gasteiger partial charge on any atom is 0.136 e. The highest BCUT2D eigenvalue weighted by atomic mass is 35.5. The summed E-state index contributed by atoms with van der Waals surface area (Å²) in [5.41, 5.74) is 1.69. The molecule has 3 nitrogen and oxygen atoms in total. The van der Waals surface area contributed by atoms with E-state index >= 15 is 0 Å². The van der Waals surface area contributed by atoms with E-state index in [1.54, 1.807) is 6.07 Å². The summed E-state index contributed by atoms with van der Waals surface area (Å²) in [7, 11) is 0. The molecule has 1 heterocycles. The van der Waals surface area contributed by atoms with Crippen molar-refractivity contribution in [1.82, 2.24) is 9.97 Å². The van der Waals surface area contributed by atoms with Crippen LogP contribution in [-0.4, -0.2) is 16.1 Å². The Hall–Kier alpha value is -1.61. The Morgan fingerprint density at radius 2 is 1.67 bits per heavy atom. The van der Waals surface area contributed by atoms with Crippen molar-refractivity contribution in [2.24, 2.45) is 0 Å². The van der Waals surface area contributed by atoms with Gasteiger partial charge in [-0.05, 0) is 38.1 Å². The molecule has 2 aromatic rings. The molecule has 0 amide bonds. The maximum atomic E-state index is 6.13. The van der Waals surface area contributed by atoms with Crippen LogP contribution < -0.4 is 4.74 Å². The number of aromatic nitrogens is 2. The normalized spacial score (nSPS) is 11.8. The van der Waals surface area contributed by atoms with E-state index in [0.29, 0.717) is 5.15 Å². The fourth-order valence-corrected chi connectivity index (χ4v) is 2.06. The molecular formula is C17H21ClN2O. The molecule has 1 aromatic carbocycles. The summed E-state index contributed by atoms with van der Waals surface area (Å²) in [5.74, 6) is 1.59. The summed E-state index contributed by atoms with van der Waals surface area (Å²) in [6, 6.07) is 9.66. The first kappa shape index (κ1) is 15.8. The molecule has 112 valence electrons. The lowest BCUT2D eigenvalue weighted by Gasteiger charge is -2.17. The number of halogens is 1. The van der Waals surface area contributed by atoms with Crippen molar-refractivity contribution in [3.8, 4) is 17.0 Å². The number of nitrogens with zero attached hydrogens (tertiary/aromatic N) is 2. The molecule has 0 aliphatic heterocycles. The fourth-order valence-electron chi connectivity index (χ4n) is 1.88. The quantitative estimate of drug-likeness (QED) is 0.758. The van der Waals surface area contributed by atoms with Gasteiger partial charge in [0, 0.05) is 17.0 Å². The molecular weight excluding hydrogens is 284 g/mol. The van der Waals surface area contributed by atoms with Crippen LogP contribution >= 0.6 is 11.6 Å². The smallest absolute Gasteiger partial charge is 0.136 e. The van der Waals surface area contributed by atoms with Gasteiger partial charge in [-0.1, -0.05) is 32.4 Å². The third-order valence-electron chi connectivity index (χ3n) is 2.89. The Bertz CT molecular complexity index is 616. The van der Waals surface area contributed by atoms with E-state index < -0.39 is 0 Å². The van der Waals surface area contributed by atoms with Gasteiger partial charge in [0.05, 0.1) is 11.8 Å². The van der Waals surface area contributed by atoms with Gasteiger partial charge in [-0.25, -0.2) is 9.97 Å². The third-order valence-corrected chi connectivity index (χ3v) is 3.08. The van der Waals surface area contributed by atoms with Gasteiger partial charge < -0.3 is 4.74 Å². The molecule has 0 fully saturated rings. The van der Waals surface area contributed by atoms with Crippen LogP contribution in [0, 0.1) is 0 Å². The first-order chi connectivity index (χ1) is 9.75. The second kappa shape index (κ2) is 6.02. The Labute approximate surface area is 131 Å². The molecule has 1 aromatic heterocycles. The molecule has 0 unspecified atom stereocenters. The van der Waals surface area contributed by atoms with Gasteiger partial charge in [0.1, 0.15) is 16.7 Å². The summed E-state index contributed by atoms with van der Waals surface area (Å²) in [6.07, 6.45) is 0.164. The number of benzene rings is 1. The fraction of sp³-hybridized carbons (Fsp3) is 0.412. The Morgan fingerprint density at radius 1 is 1.05 bits per heavy atom. The third kappa shape index (κ3) is 4.18. The van der Waals surface area contributed by atoms with E-state index in [-0.39, 0.29) is 11.5 Å². The first-order valence-corrected chi connectivity index (χ1v) is 7.45. The Morgan fingerprint density at radius 3 is 2.19 bits per heavy atom. The zero-order valence-corrected chi connectivity index (χ0v) is 13.9. The maximum absolute atomic E-state index is 6.13. The summed E-state index contributed by atoms with van der Waals surface area (Å²) in [6.45, 7) is 10.2. The van der Waals surface area contributed by atoms with Gasteiger partial charge in [-0.15, -0.1) is 0 Å². The van der Waals surface area contributed by atoms with Crippen molar-refractivity contribution in [2.45, 2.75) is 46.1 Å². The van der Waals surface area contributed by atoms with Gasteiger partial charge in [0.25, 0.3) is 0 Å². The van der Waals surface area contributed by atoms with Gasteiger partial charge in [0.15, 0.2) is 0 Å². The van der Waals surface area contributed by atoms with Crippen LogP contribution in [0.4, 0.5) is 0 Å². The van der Waals surface area contributed by atoms with Gasteiger partial charge in [0.2, 0.25) is 0 Å². The molecule has 0 atom stereocenters. The summed E-state index contributed by atoms with van der Waals surface area (Å²) in [4.78, 5) is 8.95. The van der Waals surface area contributed by atoms with E-state index in [1.165, 1.54) is 0 Å². The van der Waals surface area contributed by atoms with Crippen LogP contribution in [0.15, 0.2) is 30.3 Å². The van der Waals surface area contributed by atoms with Crippen molar-refractivity contribution >= 4 is 11.6 Å². The van der Waals surface area contributed by atoms with Crippen LogP contribution in [0.3, 0.4) is 0 Å². The van der Waals surface area contributed by atoms with E-state index in [0.717, 1.165) is 22.8 Å². The topological polar surface area (TPSA) is 35.0 Å². The highest BCUT2D eigenvalue weighted by Gasteiger charge is 2.19. The highest BCUT2D eigenvalue weighted by Crippen LogP contribution is 2.26. The molecule has 0 N–H and O–H groups in total. The molecule has 0 bridgehead atoms. The Kier molecular flexibility index (Phi) is 4.52. The SMILES string of the molecule is CC(C)Oc1ccc(-c2cc(Cl)nc(C(C)(C)C)n2)cc1. The largest absolute Gasteiger partial charge is 0.491 e. The number of ether oxygens (including phenoxy) is 1. The number of rotatable bonds is 3. The van der Waals surface area contributed by atoms with E-state index in [9.17, 15) is 0 Å². The molecule has 0 saturated heterocycles. The van der Waals surface area contributed by atoms with Crippen LogP contribution in [-0.2, 0) is 5.41 Å². The molecule has 0 aliphatic rings. The van der Waals surface area contributed by atoms with E-state index in [1.807, 2.05) is 38.1 Å². The van der Waals surface area contributed by atoms with Crippen molar-refractivity contribution in [3.05, 3.63) is 41.3 Å². The molecule has 0 radical (unpaired) electrons. The van der Waals surface area contributed by atoms with Gasteiger partial charge in [-0.3, -0.25) is 0 Å². The lowest BCUT2D eigenvalue weighted by atomic mass is 9.95. The monoisotopic (exact) mass is 304 g/mol. The zero-order valence-electron chi connectivity index (χ0n) is 13.1.